The van der Waals surface area contributed by atoms with E-state index in [2.05, 4.69) is 0 Å². The first-order valence-corrected chi connectivity index (χ1v) is 16.2. The molecule has 2 bridgehead atoms. The van der Waals surface area contributed by atoms with Gasteiger partial charge in [-0.25, -0.2) is 0 Å². The summed E-state index contributed by atoms with van der Waals surface area (Å²) in [5, 5.41) is 26.3. The number of furan rings is 1. The molecule has 4 heterocycles. The van der Waals surface area contributed by atoms with Gasteiger partial charge in [0.1, 0.15) is 17.8 Å². The number of cyclic esters (lactones) is 1. The van der Waals surface area contributed by atoms with Crippen LogP contribution in [-0.4, -0.2) is 70.4 Å². The third-order valence-corrected chi connectivity index (χ3v) is 12.9. The summed E-state index contributed by atoms with van der Waals surface area (Å²) in [4.78, 5) is 53.0. The topological polar surface area (TPSA) is 168 Å². The van der Waals surface area contributed by atoms with Crippen molar-refractivity contribution in [1.29, 1.82) is 0 Å². The molecule has 254 valence electrons. The highest BCUT2D eigenvalue weighted by atomic mass is 16.7. The van der Waals surface area contributed by atoms with Crippen LogP contribution in [0.1, 0.15) is 92.2 Å². The summed E-state index contributed by atoms with van der Waals surface area (Å²) >= 11 is 0. The average Bonchev–Trinajstić information content (AvgIpc) is 3.65. The fraction of sp³-hybridized carbons (Fsp3) is 0.765. The fourth-order valence-electron chi connectivity index (χ4n) is 10.7. The first kappa shape index (κ1) is 33.0. The number of rotatable bonds is 7. The van der Waals surface area contributed by atoms with Crippen LogP contribution in [-0.2, 0) is 42.9 Å². The zero-order chi connectivity index (χ0) is 33.8. The zero-order valence-corrected chi connectivity index (χ0v) is 27.8. The predicted octanol–water partition coefficient (Wildman–Crippen LogP) is 3.62. The molecule has 2 unspecified atom stereocenters. The van der Waals surface area contributed by atoms with E-state index in [-0.39, 0.29) is 12.8 Å². The number of ether oxygens (including phenoxy) is 5. The molecule has 12 atom stereocenters. The van der Waals surface area contributed by atoms with Gasteiger partial charge >= 0.3 is 23.9 Å². The molecule has 0 amide bonds. The first-order chi connectivity index (χ1) is 21.4. The quantitative estimate of drug-likeness (QED) is 0.327. The maximum Gasteiger partial charge on any atom is 0.309 e. The minimum absolute atomic E-state index is 0.149. The lowest BCUT2D eigenvalue weighted by Gasteiger charge is -2.70. The number of carbonyl (C=O) groups excluding carboxylic acids is 4. The van der Waals surface area contributed by atoms with Gasteiger partial charge in [-0.3, -0.25) is 19.2 Å². The highest BCUT2D eigenvalue weighted by molar-refractivity contribution is 5.74. The lowest BCUT2D eigenvalue weighted by atomic mass is 9.35. The maximum atomic E-state index is 13.7. The van der Waals surface area contributed by atoms with Crippen molar-refractivity contribution in [1.82, 2.24) is 0 Å². The summed E-state index contributed by atoms with van der Waals surface area (Å²) in [5.41, 5.74) is -6.84. The number of carbonyl (C=O) groups is 4. The third kappa shape index (κ3) is 3.77. The molecule has 2 N–H and O–H groups in total. The van der Waals surface area contributed by atoms with Gasteiger partial charge in [0.05, 0.1) is 32.0 Å². The highest BCUT2D eigenvalue weighted by Crippen LogP contribution is 2.82. The van der Waals surface area contributed by atoms with Crippen LogP contribution in [0.15, 0.2) is 23.0 Å². The molecular formula is C34H46O12. The second-order valence-electron chi connectivity index (χ2n) is 15.3. The van der Waals surface area contributed by atoms with Gasteiger partial charge in [0.2, 0.25) is 5.79 Å². The molecule has 12 heteroatoms. The summed E-state index contributed by atoms with van der Waals surface area (Å²) in [6.07, 6.45) is 0.268. The van der Waals surface area contributed by atoms with Crippen molar-refractivity contribution in [2.24, 2.45) is 39.9 Å². The molecule has 0 aromatic carbocycles. The van der Waals surface area contributed by atoms with Crippen molar-refractivity contribution >= 4 is 23.9 Å². The van der Waals surface area contributed by atoms with Gasteiger partial charge in [0, 0.05) is 47.0 Å². The lowest BCUT2D eigenvalue weighted by Crippen LogP contribution is -2.85. The lowest BCUT2D eigenvalue weighted by molar-refractivity contribution is -0.385. The molecule has 1 aromatic rings. The van der Waals surface area contributed by atoms with Crippen molar-refractivity contribution < 1.29 is 57.5 Å². The average molecular weight is 647 g/mol. The number of hydrogen-bond donors (Lipinski definition) is 2. The predicted molar refractivity (Wildman–Crippen MR) is 157 cm³/mol. The molecule has 46 heavy (non-hydrogen) atoms. The Bertz CT molecular complexity index is 1440. The first-order valence-electron chi connectivity index (χ1n) is 16.2. The molecule has 3 aliphatic heterocycles. The van der Waals surface area contributed by atoms with E-state index in [4.69, 9.17) is 28.1 Å². The van der Waals surface area contributed by atoms with Gasteiger partial charge in [0.15, 0.2) is 11.7 Å². The summed E-state index contributed by atoms with van der Waals surface area (Å²) in [6.45, 7) is 12.0. The van der Waals surface area contributed by atoms with Gasteiger partial charge in [-0.1, -0.05) is 41.5 Å². The molecule has 12 nitrogen and oxygen atoms in total. The van der Waals surface area contributed by atoms with Gasteiger partial charge < -0.3 is 38.3 Å². The van der Waals surface area contributed by atoms with E-state index in [9.17, 15) is 29.4 Å². The minimum Gasteiger partial charge on any atom is -0.472 e. The minimum atomic E-state index is -2.49. The summed E-state index contributed by atoms with van der Waals surface area (Å²) < 4.78 is 35.6. The SMILES string of the molecule is CCC(C)C(=O)O[C@H]1[C@@]23O[C@@]4(O)[C@]1(O)[C@@H](OC(C)=O)C(C)(C)[C@H](CC(=O)OC)[C@@]4(C)C2CC[C@]1(C)[C@H]3CC(=O)O[C@H]1c1ccoc1. The highest BCUT2D eigenvalue weighted by Gasteiger charge is 2.96. The molecule has 2 saturated carbocycles. The Hall–Kier alpha value is -2.96. The summed E-state index contributed by atoms with van der Waals surface area (Å²) in [5.74, 6) is -7.57. The van der Waals surface area contributed by atoms with Crippen LogP contribution < -0.4 is 0 Å². The molecule has 1 spiro atoms. The van der Waals surface area contributed by atoms with E-state index in [1.54, 1.807) is 33.8 Å². The van der Waals surface area contributed by atoms with Crippen LogP contribution in [0, 0.1) is 39.9 Å². The largest absolute Gasteiger partial charge is 0.472 e. The fourth-order valence-corrected chi connectivity index (χ4v) is 10.7. The standard InChI is InChI=1S/C34H46O12/c1-9-17(2)26(38)45-28-32-20(10-12-30(6)22(32)15-24(37)44-25(30)19-11-13-42-16-19)31(7)21(14-23(36)41-8)29(4,5)27(43-18(3)35)33(28,39)34(31,40)46-32/h11,13,16-17,20-22,25,27-28,39-40H,9-10,12,14-15H2,1-8H3/t17?,20?,21-,22+,25-,27-,28-,30+,31+,32+,33-,34+/m0/s1. The molecule has 2 aliphatic carbocycles. The Balaban J connectivity index is 1.64. The Kier molecular flexibility index (Phi) is 7.36. The molecule has 5 fully saturated rings. The van der Waals surface area contributed by atoms with Crippen molar-refractivity contribution in [2.45, 2.75) is 116 Å². The summed E-state index contributed by atoms with van der Waals surface area (Å²) in [6, 6.07) is 1.73. The molecule has 1 aromatic heterocycles. The third-order valence-electron chi connectivity index (χ3n) is 12.9. The smallest absolute Gasteiger partial charge is 0.309 e. The zero-order valence-electron chi connectivity index (χ0n) is 27.8. The van der Waals surface area contributed by atoms with Crippen molar-refractivity contribution in [3.05, 3.63) is 24.2 Å². The number of aliphatic hydroxyl groups is 2. The van der Waals surface area contributed by atoms with E-state index in [1.807, 2.05) is 13.8 Å². The second kappa shape index (κ2) is 10.3. The molecule has 0 radical (unpaired) electrons. The van der Waals surface area contributed by atoms with Crippen molar-refractivity contribution in [2.75, 3.05) is 7.11 Å². The molecule has 3 saturated heterocycles. The Morgan fingerprint density at radius 2 is 1.78 bits per heavy atom. The van der Waals surface area contributed by atoms with E-state index in [0.29, 0.717) is 24.8 Å². The number of methoxy groups -OCH3 is 1. The molecule has 5 aliphatic rings. The van der Waals surface area contributed by atoms with Crippen LogP contribution in [0.3, 0.4) is 0 Å². The monoisotopic (exact) mass is 646 g/mol. The normalized spacial score (nSPS) is 45.6. The van der Waals surface area contributed by atoms with E-state index in [1.165, 1.54) is 26.6 Å². The summed E-state index contributed by atoms with van der Waals surface area (Å²) in [7, 11) is 1.27. The van der Waals surface area contributed by atoms with Crippen LogP contribution in [0.5, 0.6) is 0 Å². The number of esters is 4. The van der Waals surface area contributed by atoms with Crippen LogP contribution >= 0.6 is 0 Å². The van der Waals surface area contributed by atoms with Crippen molar-refractivity contribution in [3.63, 3.8) is 0 Å². The van der Waals surface area contributed by atoms with Gasteiger partial charge in [-0.2, -0.15) is 0 Å². The Labute approximate surface area is 268 Å². The number of fused-ring (bicyclic) bond motifs is 2. The molecular weight excluding hydrogens is 600 g/mol. The van der Waals surface area contributed by atoms with Gasteiger partial charge in [0.25, 0.3) is 0 Å². The Morgan fingerprint density at radius 3 is 2.37 bits per heavy atom. The van der Waals surface area contributed by atoms with Crippen LogP contribution in [0.4, 0.5) is 0 Å². The molecule has 6 rings (SSSR count). The number of hydrogen-bond acceptors (Lipinski definition) is 12. The van der Waals surface area contributed by atoms with Gasteiger partial charge in [-0.15, -0.1) is 0 Å². The van der Waals surface area contributed by atoms with Gasteiger partial charge in [-0.05, 0) is 31.2 Å². The van der Waals surface area contributed by atoms with E-state index < -0.39 is 99.1 Å². The van der Waals surface area contributed by atoms with E-state index >= 15 is 0 Å². The van der Waals surface area contributed by atoms with Crippen LogP contribution in [0.2, 0.25) is 0 Å². The van der Waals surface area contributed by atoms with E-state index in [0.717, 1.165) is 0 Å². The maximum absolute atomic E-state index is 13.7. The second-order valence-corrected chi connectivity index (χ2v) is 15.3. The van der Waals surface area contributed by atoms with Crippen LogP contribution in [0.25, 0.3) is 0 Å². The Morgan fingerprint density at radius 1 is 1.09 bits per heavy atom. The van der Waals surface area contributed by atoms with Crippen molar-refractivity contribution in [3.8, 4) is 0 Å².